The molecule has 4 N–H and O–H groups in total. The molecule has 10 nitrogen and oxygen atoms in total. The molecular formula is C11H18N3O7P. The summed E-state index contributed by atoms with van der Waals surface area (Å²) in [7, 11) is -1.95. The van der Waals surface area contributed by atoms with E-state index in [0.717, 1.165) is 4.57 Å². The van der Waals surface area contributed by atoms with Crippen molar-refractivity contribution in [2.45, 2.75) is 37.6 Å². The van der Waals surface area contributed by atoms with Crippen LogP contribution in [0.3, 0.4) is 0 Å². The second-order valence-electron chi connectivity index (χ2n) is 4.82. The molecule has 0 spiro atoms. The molecule has 2 heterocycles. The summed E-state index contributed by atoms with van der Waals surface area (Å²) < 4.78 is 27.9. The molecule has 0 amide bonds. The number of aliphatic hydroxyl groups is 1. The molecular weight excluding hydrogens is 317 g/mol. The molecule has 0 aromatic carbocycles. The Morgan fingerprint density at radius 3 is 2.73 bits per heavy atom. The van der Waals surface area contributed by atoms with E-state index in [1.165, 1.54) is 26.3 Å². The van der Waals surface area contributed by atoms with Crippen molar-refractivity contribution in [3.63, 3.8) is 0 Å². The summed E-state index contributed by atoms with van der Waals surface area (Å²) in [5.41, 5.74) is 4.76. The van der Waals surface area contributed by atoms with Crippen LogP contribution in [0.1, 0.15) is 13.2 Å². The van der Waals surface area contributed by atoms with Crippen LogP contribution in [0.2, 0.25) is 0 Å². The Labute approximate surface area is 126 Å². The van der Waals surface area contributed by atoms with Crippen molar-refractivity contribution >= 4 is 14.1 Å². The number of nitrogen functional groups attached to an aromatic ring is 1. The van der Waals surface area contributed by atoms with E-state index in [1.807, 2.05) is 0 Å². The first-order valence-electron chi connectivity index (χ1n) is 6.45. The van der Waals surface area contributed by atoms with E-state index in [4.69, 9.17) is 24.6 Å². The van der Waals surface area contributed by atoms with E-state index in [1.54, 1.807) is 0 Å². The van der Waals surface area contributed by atoms with Gasteiger partial charge in [0.05, 0.1) is 6.10 Å². The largest absolute Gasteiger partial charge is 0.391 e. The van der Waals surface area contributed by atoms with Crippen LogP contribution < -0.4 is 11.4 Å². The topological polar surface area (TPSA) is 146 Å². The van der Waals surface area contributed by atoms with Crippen molar-refractivity contribution in [2.75, 3.05) is 12.8 Å². The molecule has 22 heavy (non-hydrogen) atoms. The average molecular weight is 335 g/mol. The van der Waals surface area contributed by atoms with Crippen LogP contribution in [0.15, 0.2) is 17.1 Å². The molecule has 0 radical (unpaired) electrons. The lowest BCUT2D eigenvalue weighted by Crippen LogP contribution is -2.40. The summed E-state index contributed by atoms with van der Waals surface area (Å²) >= 11 is 0. The number of nitrogens with zero attached hydrogens (tertiary/aromatic N) is 2. The number of hydrogen-bond acceptors (Lipinski definition) is 8. The molecule has 0 aliphatic carbocycles. The highest BCUT2D eigenvalue weighted by Gasteiger charge is 2.49. The van der Waals surface area contributed by atoms with Gasteiger partial charge in [0.15, 0.2) is 6.23 Å². The predicted molar refractivity (Wildman–Crippen MR) is 75.4 cm³/mol. The number of ether oxygens (including phenoxy) is 2. The Morgan fingerprint density at radius 1 is 1.55 bits per heavy atom. The quantitative estimate of drug-likeness (QED) is 0.570. The lowest BCUT2D eigenvalue weighted by molar-refractivity contribution is -0.0816. The van der Waals surface area contributed by atoms with Crippen molar-refractivity contribution in [3.05, 3.63) is 22.7 Å². The van der Waals surface area contributed by atoms with Crippen molar-refractivity contribution in [1.82, 2.24) is 9.55 Å². The van der Waals surface area contributed by atoms with Gasteiger partial charge in [-0.15, -0.1) is 0 Å². The minimum Gasteiger partial charge on any atom is -0.391 e. The van der Waals surface area contributed by atoms with Gasteiger partial charge in [-0.2, -0.15) is 4.98 Å². The molecule has 0 saturated carbocycles. The van der Waals surface area contributed by atoms with Crippen LogP contribution in [0.25, 0.3) is 0 Å². The fourth-order valence-corrected chi connectivity index (χ4v) is 2.90. The lowest BCUT2D eigenvalue weighted by Gasteiger charge is -2.23. The summed E-state index contributed by atoms with van der Waals surface area (Å²) in [5, 5.41) is 9.77. The first kappa shape index (κ1) is 17.1. The molecule has 2 unspecified atom stereocenters. The molecule has 1 saturated heterocycles. The molecule has 6 atom stereocenters. The SMILES string of the molecule is CO[C@H]1C(O[PH](=O)O)[C@@H]([C@H](C)O)O[C@H]1n1ccc(N)nc1=O. The monoisotopic (exact) mass is 335 g/mol. The number of anilines is 1. The molecule has 1 aliphatic rings. The van der Waals surface area contributed by atoms with Crippen LogP contribution in [-0.2, 0) is 18.6 Å². The van der Waals surface area contributed by atoms with Gasteiger partial charge in [-0.3, -0.25) is 9.13 Å². The summed E-state index contributed by atoms with van der Waals surface area (Å²) in [6.07, 6.45) is -3.46. The molecule has 124 valence electrons. The molecule has 11 heteroatoms. The van der Waals surface area contributed by atoms with Gasteiger partial charge in [0.1, 0.15) is 24.1 Å². The van der Waals surface area contributed by atoms with E-state index in [0.29, 0.717) is 0 Å². The third-order valence-corrected chi connectivity index (χ3v) is 3.81. The fraction of sp³-hybridized carbons (Fsp3) is 0.636. The van der Waals surface area contributed by atoms with Crippen molar-refractivity contribution in [3.8, 4) is 0 Å². The minimum absolute atomic E-state index is 0.0495. The zero-order valence-electron chi connectivity index (χ0n) is 11.9. The van der Waals surface area contributed by atoms with E-state index in [9.17, 15) is 14.5 Å². The zero-order chi connectivity index (χ0) is 16.4. The Hall–Kier alpha value is -1.29. The highest BCUT2D eigenvalue weighted by molar-refractivity contribution is 7.32. The molecule has 1 fully saturated rings. The highest BCUT2D eigenvalue weighted by Crippen LogP contribution is 2.38. The second kappa shape index (κ2) is 6.86. The molecule has 1 aromatic rings. The van der Waals surface area contributed by atoms with E-state index in [-0.39, 0.29) is 5.82 Å². The van der Waals surface area contributed by atoms with Gasteiger partial charge in [-0.05, 0) is 13.0 Å². The summed E-state index contributed by atoms with van der Waals surface area (Å²) in [6.45, 7) is 1.44. The van der Waals surface area contributed by atoms with Gasteiger partial charge < -0.3 is 29.7 Å². The third kappa shape index (κ3) is 3.37. The molecule has 1 aliphatic heterocycles. The number of methoxy groups -OCH3 is 1. The Kier molecular flexibility index (Phi) is 5.32. The maximum absolute atomic E-state index is 11.9. The molecule has 1 aromatic heterocycles. The zero-order valence-corrected chi connectivity index (χ0v) is 12.9. The van der Waals surface area contributed by atoms with E-state index in [2.05, 4.69) is 4.98 Å². The van der Waals surface area contributed by atoms with Crippen LogP contribution in [-0.4, -0.2) is 51.1 Å². The Bertz CT molecular complexity index is 608. The minimum atomic E-state index is -3.29. The first-order valence-corrected chi connectivity index (χ1v) is 7.72. The number of aromatic nitrogens is 2. The van der Waals surface area contributed by atoms with Gasteiger partial charge in [-0.1, -0.05) is 0 Å². The summed E-state index contributed by atoms with van der Waals surface area (Å²) in [6, 6.07) is 1.40. The second-order valence-corrected chi connectivity index (χ2v) is 5.59. The van der Waals surface area contributed by atoms with Crippen molar-refractivity contribution in [2.24, 2.45) is 0 Å². The maximum Gasteiger partial charge on any atom is 0.351 e. The fourth-order valence-electron chi connectivity index (χ4n) is 2.40. The van der Waals surface area contributed by atoms with Gasteiger partial charge in [-0.25, -0.2) is 4.79 Å². The number of nitrogens with two attached hydrogens (primary N) is 1. The van der Waals surface area contributed by atoms with Crippen LogP contribution in [0.4, 0.5) is 5.82 Å². The van der Waals surface area contributed by atoms with Crippen LogP contribution in [0, 0.1) is 0 Å². The third-order valence-electron chi connectivity index (χ3n) is 3.34. The van der Waals surface area contributed by atoms with Gasteiger partial charge in [0.25, 0.3) is 0 Å². The number of rotatable bonds is 5. The first-order chi connectivity index (χ1) is 10.3. The van der Waals surface area contributed by atoms with Gasteiger partial charge in [0, 0.05) is 13.3 Å². The molecule has 2 rings (SSSR count). The van der Waals surface area contributed by atoms with Gasteiger partial charge in [0.2, 0.25) is 0 Å². The predicted octanol–water partition coefficient (Wildman–Crippen LogP) is -1.11. The average Bonchev–Trinajstić information content (AvgIpc) is 2.76. The number of hydrogen-bond donors (Lipinski definition) is 3. The Balaban J connectivity index is 2.39. The summed E-state index contributed by atoms with van der Waals surface area (Å²) in [4.78, 5) is 24.5. The maximum atomic E-state index is 11.9. The van der Waals surface area contributed by atoms with Crippen LogP contribution >= 0.6 is 8.25 Å². The van der Waals surface area contributed by atoms with E-state index >= 15 is 0 Å². The van der Waals surface area contributed by atoms with Crippen molar-refractivity contribution < 1.29 is 28.6 Å². The van der Waals surface area contributed by atoms with Crippen molar-refractivity contribution in [1.29, 1.82) is 0 Å². The number of aliphatic hydroxyl groups excluding tert-OH is 1. The summed E-state index contributed by atoms with van der Waals surface area (Å²) in [5.74, 6) is 0.0495. The smallest absolute Gasteiger partial charge is 0.351 e. The normalized spacial score (nSPS) is 31.1. The lowest BCUT2D eigenvalue weighted by atomic mass is 10.1. The van der Waals surface area contributed by atoms with Crippen LogP contribution in [0.5, 0.6) is 0 Å². The Morgan fingerprint density at radius 2 is 2.23 bits per heavy atom. The van der Waals surface area contributed by atoms with E-state index < -0.39 is 44.6 Å². The van der Waals surface area contributed by atoms with Gasteiger partial charge >= 0.3 is 13.9 Å². The molecule has 0 bridgehead atoms. The standard InChI is InChI=1S/C11H18N3O7P/c1-5(15)7-8(21-22(17)18)9(19-2)10(20-7)14-4-3-6(12)13-11(14)16/h3-5,7-10,15,22H,1-2H3,(H,17,18)(H2,12,13,16)/t5-,7+,8?,9-,10+/m0/s1. The highest BCUT2D eigenvalue weighted by atomic mass is 31.1.